The molecule has 89 valence electrons. The minimum Gasteiger partial charge on any atom is -0.508 e. The molecule has 0 amide bonds. The molecule has 2 aromatic carbocycles. The average molecular weight is 235 g/mol. The van der Waals surface area contributed by atoms with Crippen LogP contribution in [-0.2, 0) is 0 Å². The first kappa shape index (κ1) is 12.2. The Morgan fingerprint density at radius 1 is 0.778 bits per heavy atom. The molecule has 0 aliphatic rings. The Morgan fingerprint density at radius 2 is 1.33 bits per heavy atom. The van der Waals surface area contributed by atoms with Crippen LogP contribution in [0.15, 0.2) is 78.6 Å². The first-order valence-corrected chi connectivity index (χ1v) is 5.87. The molecule has 0 spiro atoms. The average Bonchev–Trinajstić information content (AvgIpc) is 2.45. The van der Waals surface area contributed by atoms with Gasteiger partial charge >= 0.3 is 0 Å². The Balaban J connectivity index is 1.96. The predicted octanol–water partition coefficient (Wildman–Crippen LogP) is 4.39. The van der Waals surface area contributed by atoms with Crippen molar-refractivity contribution in [2.45, 2.75) is 0 Å². The van der Waals surface area contributed by atoms with E-state index in [2.05, 4.69) is 0 Å². The van der Waals surface area contributed by atoms with E-state index >= 15 is 0 Å². The summed E-state index contributed by atoms with van der Waals surface area (Å²) in [5.74, 6) is 0.239. The van der Waals surface area contributed by atoms with Crippen LogP contribution in [-0.4, -0.2) is 5.11 Å². The molecule has 0 fully saturated rings. The molecule has 2 rings (SSSR count). The normalized spacial score (nSPS) is 11.9. The highest BCUT2D eigenvalue weighted by Crippen LogP contribution is 2.07. The van der Waals surface area contributed by atoms with Gasteiger partial charge in [0, 0.05) is 6.42 Å². The van der Waals surface area contributed by atoms with Crippen molar-refractivity contribution >= 4 is 6.08 Å². The summed E-state index contributed by atoms with van der Waals surface area (Å²) in [6.07, 6.45) is 7.14. The lowest BCUT2D eigenvalue weighted by atomic mass is 10.1. The van der Waals surface area contributed by atoms with E-state index in [1.807, 2.05) is 73.2 Å². The molecule has 0 saturated carbocycles. The van der Waals surface area contributed by atoms with E-state index < -0.39 is 0 Å². The second-order valence-electron chi connectivity index (χ2n) is 3.91. The molecular weight excluding hydrogens is 220 g/mol. The number of aliphatic hydroxyl groups is 1. The largest absolute Gasteiger partial charge is 0.508 e. The van der Waals surface area contributed by atoms with Gasteiger partial charge in [-0.1, -0.05) is 66.7 Å². The number of hydrogen-bond donors (Lipinski definition) is 1. The Labute approximate surface area is 108 Å². The van der Waals surface area contributed by atoms with Gasteiger partial charge in [0.1, 0.15) is 5.76 Å². The molecule has 0 unspecified atom stereocenters. The summed E-state index contributed by atoms with van der Waals surface area (Å²) in [5, 5.41) is 9.71. The summed E-state index contributed by atoms with van der Waals surface area (Å²) in [6, 6.07) is 19.8. The van der Waals surface area contributed by atoms with Crippen LogP contribution in [0, 0.1) is 6.42 Å². The van der Waals surface area contributed by atoms with E-state index in [1.165, 1.54) is 0 Å². The highest BCUT2D eigenvalue weighted by Gasteiger charge is 1.90. The lowest BCUT2D eigenvalue weighted by Gasteiger charge is -1.96. The highest BCUT2D eigenvalue weighted by atomic mass is 16.3. The topological polar surface area (TPSA) is 20.2 Å². The van der Waals surface area contributed by atoms with Crippen molar-refractivity contribution in [3.63, 3.8) is 0 Å². The number of aliphatic hydroxyl groups excluding tert-OH is 1. The second-order valence-corrected chi connectivity index (χ2v) is 3.91. The molecule has 1 nitrogen and oxygen atoms in total. The molecule has 2 aromatic rings. The third-order valence-electron chi connectivity index (χ3n) is 2.49. The van der Waals surface area contributed by atoms with Gasteiger partial charge in [-0.3, -0.25) is 0 Å². The Bertz CT molecular complexity index is 524. The minimum atomic E-state index is 0.239. The maximum absolute atomic E-state index is 9.71. The summed E-state index contributed by atoms with van der Waals surface area (Å²) in [5.41, 5.74) is 2.13. The van der Waals surface area contributed by atoms with Gasteiger partial charge in [0.25, 0.3) is 0 Å². The van der Waals surface area contributed by atoms with Crippen molar-refractivity contribution in [2.24, 2.45) is 0 Å². The smallest absolute Gasteiger partial charge is 0.112 e. The van der Waals surface area contributed by atoms with Crippen molar-refractivity contribution in [3.05, 3.63) is 96.1 Å². The van der Waals surface area contributed by atoms with E-state index in [9.17, 15) is 5.11 Å². The van der Waals surface area contributed by atoms with E-state index in [0.29, 0.717) is 0 Å². The maximum Gasteiger partial charge on any atom is 0.112 e. The van der Waals surface area contributed by atoms with Crippen molar-refractivity contribution in [1.29, 1.82) is 0 Å². The van der Waals surface area contributed by atoms with Crippen molar-refractivity contribution in [3.8, 4) is 0 Å². The van der Waals surface area contributed by atoms with Crippen LogP contribution in [0.25, 0.3) is 6.08 Å². The zero-order valence-electron chi connectivity index (χ0n) is 10.0. The molecule has 0 heterocycles. The van der Waals surface area contributed by atoms with Gasteiger partial charge in [0.2, 0.25) is 0 Å². The molecule has 1 heteroatoms. The fourth-order valence-electron chi connectivity index (χ4n) is 1.55. The van der Waals surface area contributed by atoms with E-state index in [4.69, 9.17) is 0 Å². The van der Waals surface area contributed by atoms with Gasteiger partial charge in [0.05, 0.1) is 0 Å². The van der Waals surface area contributed by atoms with Gasteiger partial charge in [-0.25, -0.2) is 0 Å². The second kappa shape index (κ2) is 6.45. The maximum atomic E-state index is 9.71. The van der Waals surface area contributed by atoms with Gasteiger partial charge in [-0.15, -0.1) is 0 Å². The SMILES string of the molecule is OC(=C\[CH]c1ccccc1)/C=C/c1ccccc1. The third-order valence-corrected chi connectivity index (χ3v) is 2.49. The molecule has 1 N–H and O–H groups in total. The van der Waals surface area contributed by atoms with Crippen molar-refractivity contribution in [1.82, 2.24) is 0 Å². The monoisotopic (exact) mass is 235 g/mol. The molecule has 0 atom stereocenters. The van der Waals surface area contributed by atoms with Crippen LogP contribution in [0.2, 0.25) is 0 Å². The zero-order valence-corrected chi connectivity index (χ0v) is 10.0. The molecule has 0 aliphatic heterocycles. The van der Waals surface area contributed by atoms with Gasteiger partial charge in [-0.2, -0.15) is 0 Å². The molecule has 0 bridgehead atoms. The highest BCUT2D eigenvalue weighted by molar-refractivity contribution is 5.52. The van der Waals surface area contributed by atoms with Crippen molar-refractivity contribution in [2.75, 3.05) is 0 Å². The third kappa shape index (κ3) is 3.95. The lowest BCUT2D eigenvalue weighted by Crippen LogP contribution is -1.80. The number of hydrogen-bond acceptors (Lipinski definition) is 1. The standard InChI is InChI=1S/C17H15O/c18-17(13-11-15-7-3-1-4-8-15)14-12-16-9-5-2-6-10-16/h1-14,18H/b13-11+,17-14-. The van der Waals surface area contributed by atoms with Crippen LogP contribution in [0.3, 0.4) is 0 Å². The molecule has 0 aromatic heterocycles. The van der Waals surface area contributed by atoms with Crippen molar-refractivity contribution < 1.29 is 5.11 Å². The summed E-state index contributed by atoms with van der Waals surface area (Å²) < 4.78 is 0. The Hall–Kier alpha value is -2.28. The van der Waals surface area contributed by atoms with E-state index in [-0.39, 0.29) is 5.76 Å². The molecule has 1 radical (unpaired) electrons. The quantitative estimate of drug-likeness (QED) is 0.615. The first-order valence-electron chi connectivity index (χ1n) is 5.87. The zero-order chi connectivity index (χ0) is 12.6. The molecule has 0 saturated heterocycles. The van der Waals surface area contributed by atoms with Crippen LogP contribution >= 0.6 is 0 Å². The van der Waals surface area contributed by atoms with Gasteiger partial charge < -0.3 is 5.11 Å². The summed E-state index contributed by atoms with van der Waals surface area (Å²) in [7, 11) is 0. The lowest BCUT2D eigenvalue weighted by molar-refractivity contribution is 0.432. The van der Waals surface area contributed by atoms with E-state index in [1.54, 1.807) is 12.2 Å². The molecule has 0 aliphatic carbocycles. The summed E-state index contributed by atoms with van der Waals surface area (Å²) >= 11 is 0. The van der Waals surface area contributed by atoms with Crippen LogP contribution < -0.4 is 0 Å². The predicted molar refractivity (Wildman–Crippen MR) is 76.0 cm³/mol. The number of allylic oxidation sites excluding steroid dienone is 2. The fourth-order valence-corrected chi connectivity index (χ4v) is 1.55. The molecule has 18 heavy (non-hydrogen) atoms. The number of benzene rings is 2. The Kier molecular flexibility index (Phi) is 4.37. The number of rotatable bonds is 4. The first-order chi connectivity index (χ1) is 8.84. The van der Waals surface area contributed by atoms with Crippen LogP contribution in [0.5, 0.6) is 0 Å². The van der Waals surface area contributed by atoms with E-state index in [0.717, 1.165) is 11.1 Å². The van der Waals surface area contributed by atoms with Crippen LogP contribution in [0.1, 0.15) is 11.1 Å². The summed E-state index contributed by atoms with van der Waals surface area (Å²) in [4.78, 5) is 0. The fraction of sp³-hybridized carbons (Fsp3) is 0. The van der Waals surface area contributed by atoms with Crippen LogP contribution in [0.4, 0.5) is 0 Å². The Morgan fingerprint density at radius 3 is 1.94 bits per heavy atom. The minimum absolute atomic E-state index is 0.239. The summed E-state index contributed by atoms with van der Waals surface area (Å²) in [6.45, 7) is 0. The van der Waals surface area contributed by atoms with Gasteiger partial charge in [0.15, 0.2) is 0 Å². The molecular formula is C17H15O. The van der Waals surface area contributed by atoms with Gasteiger partial charge in [-0.05, 0) is 23.3 Å².